The first kappa shape index (κ1) is 17.1. The number of nitrogens with zero attached hydrogens (tertiary/aromatic N) is 3. The van der Waals surface area contributed by atoms with Crippen LogP contribution in [0.15, 0.2) is 46.0 Å². The van der Waals surface area contributed by atoms with Crippen LogP contribution in [-0.2, 0) is 12.4 Å². The number of halogens is 2. The number of pyridine rings is 1. The third kappa shape index (κ3) is 4.87. The molecule has 0 radical (unpaired) electrons. The lowest BCUT2D eigenvalue weighted by atomic mass is 10.2. The van der Waals surface area contributed by atoms with Crippen LogP contribution in [0, 0.1) is 6.92 Å². The Labute approximate surface area is 153 Å². The molecule has 1 aromatic carbocycles. The molecule has 0 amide bonds. The third-order valence-electron chi connectivity index (χ3n) is 3.02. The number of thioether (sulfide) groups is 1. The molecule has 0 fully saturated rings. The van der Waals surface area contributed by atoms with E-state index in [2.05, 4.69) is 15.2 Å². The van der Waals surface area contributed by atoms with Crippen molar-refractivity contribution in [1.82, 2.24) is 15.2 Å². The molecular weight excluding hydrogens is 369 g/mol. The Morgan fingerprint density at radius 2 is 1.79 bits per heavy atom. The molecule has 8 heteroatoms. The quantitative estimate of drug-likeness (QED) is 0.444. The molecule has 2 heterocycles. The molecule has 24 heavy (non-hydrogen) atoms. The predicted molar refractivity (Wildman–Crippen MR) is 93.6 cm³/mol. The zero-order chi connectivity index (χ0) is 16.9. The van der Waals surface area contributed by atoms with Crippen LogP contribution in [0.3, 0.4) is 0 Å². The number of aromatic nitrogens is 3. The van der Waals surface area contributed by atoms with Gasteiger partial charge in [0, 0.05) is 5.75 Å². The molecule has 0 bridgehead atoms. The van der Waals surface area contributed by atoms with Gasteiger partial charge in [0.2, 0.25) is 0 Å². The summed E-state index contributed by atoms with van der Waals surface area (Å²) in [6.07, 6.45) is 0. The van der Waals surface area contributed by atoms with E-state index >= 15 is 0 Å². The summed E-state index contributed by atoms with van der Waals surface area (Å²) in [4.78, 5) is 3.91. The molecule has 0 spiro atoms. The van der Waals surface area contributed by atoms with Gasteiger partial charge in [-0.05, 0) is 36.8 Å². The monoisotopic (exact) mass is 381 g/mol. The van der Waals surface area contributed by atoms with Gasteiger partial charge in [-0.1, -0.05) is 52.7 Å². The van der Waals surface area contributed by atoms with Crippen LogP contribution in [0.5, 0.6) is 5.75 Å². The predicted octanol–water partition coefficient (Wildman–Crippen LogP) is 4.95. The Bertz CT molecular complexity index is 804. The van der Waals surface area contributed by atoms with Crippen molar-refractivity contribution in [1.29, 1.82) is 0 Å². The summed E-state index contributed by atoms with van der Waals surface area (Å²) in [5, 5.41) is 9.13. The molecular formula is C16H13Cl2N3O2S. The maximum absolute atomic E-state index is 5.87. The molecule has 0 aliphatic heterocycles. The van der Waals surface area contributed by atoms with E-state index in [0.29, 0.717) is 27.2 Å². The standard InChI is InChI=1S/C16H13Cl2N3O2S/c1-10-2-4-12(5-3-10)22-8-15-20-21-16(23-15)24-9-11-6-13(17)19-14(18)7-11/h2-7H,8-9H2,1H3. The zero-order valence-corrected chi connectivity index (χ0v) is 15.0. The minimum atomic E-state index is 0.226. The third-order valence-corrected chi connectivity index (χ3v) is 4.29. The zero-order valence-electron chi connectivity index (χ0n) is 12.7. The molecule has 3 aromatic rings. The Hall–Kier alpha value is -1.76. The van der Waals surface area contributed by atoms with Crippen LogP contribution in [-0.4, -0.2) is 15.2 Å². The number of hydrogen-bond donors (Lipinski definition) is 0. The summed E-state index contributed by atoms with van der Waals surface area (Å²) in [7, 11) is 0. The first-order valence-corrected chi connectivity index (χ1v) is 8.79. The van der Waals surface area contributed by atoms with Gasteiger partial charge < -0.3 is 9.15 Å². The van der Waals surface area contributed by atoms with Crippen molar-refractivity contribution >= 4 is 35.0 Å². The van der Waals surface area contributed by atoms with Crippen LogP contribution in [0.1, 0.15) is 17.0 Å². The number of ether oxygens (including phenoxy) is 1. The van der Waals surface area contributed by atoms with Gasteiger partial charge in [-0.15, -0.1) is 10.2 Å². The molecule has 0 saturated heterocycles. The van der Waals surface area contributed by atoms with Gasteiger partial charge in [0.1, 0.15) is 16.1 Å². The lowest BCUT2D eigenvalue weighted by Crippen LogP contribution is -1.95. The Morgan fingerprint density at radius 1 is 1.08 bits per heavy atom. The largest absolute Gasteiger partial charge is 0.484 e. The van der Waals surface area contributed by atoms with Gasteiger partial charge in [-0.3, -0.25) is 0 Å². The van der Waals surface area contributed by atoms with Crippen molar-refractivity contribution in [2.75, 3.05) is 0 Å². The van der Waals surface area contributed by atoms with Crippen molar-refractivity contribution in [3.63, 3.8) is 0 Å². The second-order valence-corrected chi connectivity index (χ2v) is 6.67. The fraction of sp³-hybridized carbons (Fsp3) is 0.188. The maximum Gasteiger partial charge on any atom is 0.277 e. The van der Waals surface area contributed by atoms with Crippen molar-refractivity contribution in [3.8, 4) is 5.75 Å². The topological polar surface area (TPSA) is 61.0 Å². The average Bonchev–Trinajstić information content (AvgIpc) is 2.99. The van der Waals surface area contributed by atoms with Crippen molar-refractivity contribution in [3.05, 3.63) is 63.7 Å². The van der Waals surface area contributed by atoms with E-state index in [0.717, 1.165) is 11.3 Å². The Balaban J connectivity index is 1.54. The van der Waals surface area contributed by atoms with Gasteiger partial charge in [-0.25, -0.2) is 4.98 Å². The van der Waals surface area contributed by atoms with Gasteiger partial charge in [0.25, 0.3) is 11.1 Å². The normalized spacial score (nSPS) is 10.8. The van der Waals surface area contributed by atoms with Gasteiger partial charge >= 0.3 is 0 Å². The highest BCUT2D eigenvalue weighted by molar-refractivity contribution is 7.98. The van der Waals surface area contributed by atoms with Crippen LogP contribution < -0.4 is 4.74 Å². The lowest BCUT2D eigenvalue weighted by Gasteiger charge is -2.03. The van der Waals surface area contributed by atoms with Crippen LogP contribution in [0.25, 0.3) is 0 Å². The van der Waals surface area contributed by atoms with Crippen molar-refractivity contribution < 1.29 is 9.15 Å². The minimum absolute atomic E-state index is 0.226. The number of hydrogen-bond acceptors (Lipinski definition) is 6. The van der Waals surface area contributed by atoms with Gasteiger partial charge in [0.05, 0.1) is 0 Å². The van der Waals surface area contributed by atoms with E-state index in [1.54, 1.807) is 12.1 Å². The fourth-order valence-electron chi connectivity index (χ4n) is 1.88. The first-order valence-electron chi connectivity index (χ1n) is 7.05. The summed E-state index contributed by atoms with van der Waals surface area (Å²) in [6, 6.07) is 11.3. The molecule has 3 rings (SSSR count). The Kier molecular flexibility index (Phi) is 5.60. The summed E-state index contributed by atoms with van der Waals surface area (Å²) < 4.78 is 11.2. The second-order valence-electron chi connectivity index (χ2n) is 4.97. The van der Waals surface area contributed by atoms with Crippen LogP contribution in [0.4, 0.5) is 0 Å². The van der Waals surface area contributed by atoms with E-state index in [1.807, 2.05) is 31.2 Å². The SMILES string of the molecule is Cc1ccc(OCc2nnc(SCc3cc(Cl)nc(Cl)c3)o2)cc1. The van der Waals surface area contributed by atoms with E-state index in [-0.39, 0.29) is 6.61 Å². The first-order chi connectivity index (χ1) is 11.6. The molecule has 0 aliphatic carbocycles. The summed E-state index contributed by atoms with van der Waals surface area (Å²) >= 11 is 13.1. The van der Waals surface area contributed by atoms with Crippen LogP contribution >= 0.6 is 35.0 Å². The summed E-state index contributed by atoms with van der Waals surface area (Å²) in [6.45, 7) is 2.25. The molecule has 124 valence electrons. The molecule has 5 nitrogen and oxygen atoms in total. The summed E-state index contributed by atoms with van der Waals surface area (Å²) in [5.41, 5.74) is 2.11. The van der Waals surface area contributed by atoms with E-state index in [1.165, 1.54) is 17.3 Å². The highest BCUT2D eigenvalue weighted by Gasteiger charge is 2.09. The Morgan fingerprint density at radius 3 is 2.50 bits per heavy atom. The van der Waals surface area contributed by atoms with Crippen molar-refractivity contribution in [2.45, 2.75) is 24.5 Å². The highest BCUT2D eigenvalue weighted by atomic mass is 35.5. The molecule has 0 atom stereocenters. The summed E-state index contributed by atoms with van der Waals surface area (Å²) in [5.74, 6) is 1.78. The van der Waals surface area contributed by atoms with Crippen LogP contribution in [0.2, 0.25) is 10.3 Å². The maximum atomic E-state index is 5.87. The van der Waals surface area contributed by atoms with Crippen molar-refractivity contribution in [2.24, 2.45) is 0 Å². The second kappa shape index (κ2) is 7.88. The average molecular weight is 382 g/mol. The molecule has 0 N–H and O–H groups in total. The molecule has 0 unspecified atom stereocenters. The van der Waals surface area contributed by atoms with E-state index in [9.17, 15) is 0 Å². The van der Waals surface area contributed by atoms with E-state index < -0.39 is 0 Å². The van der Waals surface area contributed by atoms with E-state index in [4.69, 9.17) is 32.4 Å². The molecule has 0 aliphatic rings. The minimum Gasteiger partial charge on any atom is -0.484 e. The smallest absolute Gasteiger partial charge is 0.277 e. The molecule has 0 saturated carbocycles. The number of rotatable bonds is 6. The highest BCUT2D eigenvalue weighted by Crippen LogP contribution is 2.24. The molecule has 2 aromatic heterocycles. The lowest BCUT2D eigenvalue weighted by molar-refractivity contribution is 0.252. The van der Waals surface area contributed by atoms with Gasteiger partial charge in [0.15, 0.2) is 6.61 Å². The number of aryl methyl sites for hydroxylation is 1. The fourth-order valence-corrected chi connectivity index (χ4v) is 3.09. The number of benzene rings is 1. The van der Waals surface area contributed by atoms with Gasteiger partial charge in [-0.2, -0.15) is 0 Å².